The first-order valence-corrected chi connectivity index (χ1v) is 6.03. The normalized spacial score (nSPS) is 7.95. The van der Waals surface area contributed by atoms with Crippen LogP contribution in [0.3, 0.4) is 0 Å². The molecule has 106 valence electrons. The molecule has 0 saturated carbocycles. The lowest BCUT2D eigenvalue weighted by Gasteiger charge is -2.02. The molecule has 19 heavy (non-hydrogen) atoms. The molecule has 1 aromatic carbocycles. The van der Waals surface area contributed by atoms with Crippen molar-refractivity contribution in [3.05, 3.63) is 61.2 Å². The molecule has 0 atom stereocenters. The van der Waals surface area contributed by atoms with E-state index in [2.05, 4.69) is 13.2 Å². The Bertz CT molecular complexity index is 325. The molecule has 0 radical (unpaired) electrons. The Morgan fingerprint density at radius 1 is 1.11 bits per heavy atom. The van der Waals surface area contributed by atoms with Gasteiger partial charge in [0.1, 0.15) is 6.61 Å². The van der Waals surface area contributed by atoms with Gasteiger partial charge in [-0.1, -0.05) is 30.4 Å². The highest BCUT2D eigenvalue weighted by molar-refractivity contribution is 5.89. The van der Waals surface area contributed by atoms with E-state index < -0.39 is 0 Å². The zero-order chi connectivity index (χ0) is 14.9. The molecule has 0 spiro atoms. The fourth-order valence-electron chi connectivity index (χ4n) is 0.875. The third-order valence-corrected chi connectivity index (χ3v) is 1.53. The van der Waals surface area contributed by atoms with Crippen LogP contribution in [0, 0.1) is 0 Å². The highest BCUT2D eigenvalue weighted by atomic mass is 16.6. The van der Waals surface area contributed by atoms with Gasteiger partial charge in [-0.2, -0.15) is 0 Å². The molecular formula is C16H24O3. The molecule has 0 aliphatic carbocycles. The van der Waals surface area contributed by atoms with E-state index in [4.69, 9.17) is 9.47 Å². The fraction of sp³-hybridized carbons (Fsp3) is 0.312. The first-order chi connectivity index (χ1) is 9.17. The molecule has 3 nitrogen and oxygen atoms in total. The van der Waals surface area contributed by atoms with Gasteiger partial charge in [-0.25, -0.2) is 4.79 Å². The van der Waals surface area contributed by atoms with Crippen molar-refractivity contribution in [2.75, 3.05) is 20.3 Å². The minimum Gasteiger partial charge on any atom is -0.460 e. The van der Waals surface area contributed by atoms with Gasteiger partial charge in [0, 0.05) is 7.11 Å². The number of methoxy groups -OCH3 is 1. The van der Waals surface area contributed by atoms with Crippen LogP contribution >= 0.6 is 0 Å². The molecule has 0 N–H and O–H groups in total. The number of benzene rings is 1. The molecule has 0 amide bonds. The molecule has 0 aliphatic rings. The summed E-state index contributed by atoms with van der Waals surface area (Å²) < 4.78 is 9.66. The van der Waals surface area contributed by atoms with Gasteiger partial charge in [-0.15, -0.1) is 13.2 Å². The van der Waals surface area contributed by atoms with Crippen molar-refractivity contribution in [1.82, 2.24) is 0 Å². The molecule has 0 heterocycles. The van der Waals surface area contributed by atoms with E-state index in [1.54, 1.807) is 43.5 Å². The van der Waals surface area contributed by atoms with Crippen molar-refractivity contribution in [3.8, 4) is 0 Å². The van der Waals surface area contributed by atoms with E-state index in [1.807, 2.05) is 19.9 Å². The SMILES string of the molecule is C=CC.C=CC.COCCOC(=O)c1ccccc1. The zero-order valence-electron chi connectivity index (χ0n) is 12.1. The van der Waals surface area contributed by atoms with Gasteiger partial charge in [0.05, 0.1) is 12.2 Å². The second-order valence-electron chi connectivity index (χ2n) is 3.31. The van der Waals surface area contributed by atoms with Gasteiger partial charge in [-0.3, -0.25) is 0 Å². The smallest absolute Gasteiger partial charge is 0.338 e. The molecule has 0 unspecified atom stereocenters. The van der Waals surface area contributed by atoms with E-state index in [0.29, 0.717) is 18.8 Å². The monoisotopic (exact) mass is 264 g/mol. The van der Waals surface area contributed by atoms with Gasteiger partial charge in [-0.05, 0) is 26.0 Å². The first-order valence-electron chi connectivity index (χ1n) is 6.03. The number of rotatable bonds is 4. The van der Waals surface area contributed by atoms with Gasteiger partial charge < -0.3 is 9.47 Å². The van der Waals surface area contributed by atoms with Crippen LogP contribution in [0.25, 0.3) is 0 Å². The van der Waals surface area contributed by atoms with Crippen molar-refractivity contribution >= 4 is 5.97 Å². The summed E-state index contributed by atoms with van der Waals surface area (Å²) in [6, 6.07) is 8.88. The number of carbonyl (C=O) groups is 1. The maximum Gasteiger partial charge on any atom is 0.338 e. The lowest BCUT2D eigenvalue weighted by Crippen LogP contribution is -2.09. The number of allylic oxidation sites excluding steroid dienone is 2. The summed E-state index contributed by atoms with van der Waals surface area (Å²) in [6.07, 6.45) is 3.50. The Morgan fingerprint density at radius 2 is 1.58 bits per heavy atom. The predicted octanol–water partition coefficient (Wildman–Crippen LogP) is 3.87. The highest BCUT2D eigenvalue weighted by Crippen LogP contribution is 2.00. The maximum absolute atomic E-state index is 11.2. The second-order valence-corrected chi connectivity index (χ2v) is 3.31. The average molecular weight is 264 g/mol. The Morgan fingerprint density at radius 3 is 2.00 bits per heavy atom. The van der Waals surface area contributed by atoms with Crippen LogP contribution in [-0.4, -0.2) is 26.3 Å². The standard InChI is InChI=1S/C10H12O3.2C3H6/c1-12-7-8-13-10(11)9-5-3-2-4-6-9;2*1-3-2/h2-6H,7-8H2,1H3;2*3H,1H2,2H3. The van der Waals surface area contributed by atoms with E-state index in [9.17, 15) is 4.79 Å². The summed E-state index contributed by atoms with van der Waals surface area (Å²) in [6.45, 7) is 11.2. The van der Waals surface area contributed by atoms with E-state index in [0.717, 1.165) is 0 Å². The lowest BCUT2D eigenvalue weighted by molar-refractivity contribution is 0.0388. The Labute approximate surface area is 116 Å². The Kier molecular flexibility index (Phi) is 16.5. The molecule has 0 aliphatic heterocycles. The van der Waals surface area contributed by atoms with Crippen molar-refractivity contribution in [1.29, 1.82) is 0 Å². The molecule has 1 rings (SSSR count). The first kappa shape index (κ1) is 19.5. The number of esters is 1. The summed E-state index contributed by atoms with van der Waals surface area (Å²) >= 11 is 0. The number of hydrogen-bond donors (Lipinski definition) is 0. The molecule has 0 fully saturated rings. The van der Waals surface area contributed by atoms with E-state index in [-0.39, 0.29) is 5.97 Å². The van der Waals surface area contributed by atoms with E-state index in [1.165, 1.54) is 0 Å². The minimum atomic E-state index is -0.308. The second kappa shape index (κ2) is 16.1. The maximum atomic E-state index is 11.2. The summed E-state index contributed by atoms with van der Waals surface area (Å²) in [4.78, 5) is 11.2. The van der Waals surface area contributed by atoms with Gasteiger partial charge in [0.25, 0.3) is 0 Å². The van der Waals surface area contributed by atoms with Crippen molar-refractivity contribution in [2.45, 2.75) is 13.8 Å². The summed E-state index contributed by atoms with van der Waals surface area (Å²) in [7, 11) is 1.57. The predicted molar refractivity (Wildman–Crippen MR) is 80.3 cm³/mol. The molecule has 0 saturated heterocycles. The van der Waals surface area contributed by atoms with Crippen molar-refractivity contribution in [2.24, 2.45) is 0 Å². The molecule has 1 aromatic rings. The Balaban J connectivity index is 0. The third-order valence-electron chi connectivity index (χ3n) is 1.53. The molecular weight excluding hydrogens is 240 g/mol. The average Bonchev–Trinajstić information content (AvgIpc) is 2.42. The number of ether oxygens (including phenoxy) is 2. The van der Waals surface area contributed by atoms with Gasteiger partial charge in [0.15, 0.2) is 0 Å². The van der Waals surface area contributed by atoms with Gasteiger partial charge in [0.2, 0.25) is 0 Å². The topological polar surface area (TPSA) is 35.5 Å². The molecule has 0 bridgehead atoms. The zero-order valence-corrected chi connectivity index (χ0v) is 12.1. The van der Waals surface area contributed by atoms with Crippen LogP contribution in [0.1, 0.15) is 24.2 Å². The van der Waals surface area contributed by atoms with Crippen LogP contribution in [-0.2, 0) is 9.47 Å². The summed E-state index contributed by atoms with van der Waals surface area (Å²) in [5, 5.41) is 0. The number of carbonyl (C=O) groups excluding carboxylic acids is 1. The largest absolute Gasteiger partial charge is 0.460 e. The van der Waals surface area contributed by atoms with E-state index >= 15 is 0 Å². The number of hydrogen-bond acceptors (Lipinski definition) is 3. The van der Waals surface area contributed by atoms with Crippen LogP contribution in [0.5, 0.6) is 0 Å². The lowest BCUT2D eigenvalue weighted by atomic mass is 10.2. The fourth-order valence-corrected chi connectivity index (χ4v) is 0.875. The van der Waals surface area contributed by atoms with Crippen LogP contribution in [0.2, 0.25) is 0 Å². The molecule has 3 heteroatoms. The van der Waals surface area contributed by atoms with Crippen LogP contribution < -0.4 is 0 Å². The van der Waals surface area contributed by atoms with Gasteiger partial charge >= 0.3 is 5.97 Å². The quantitative estimate of drug-likeness (QED) is 0.470. The Hall–Kier alpha value is -1.87. The van der Waals surface area contributed by atoms with Crippen molar-refractivity contribution < 1.29 is 14.3 Å². The molecule has 0 aromatic heterocycles. The minimum absolute atomic E-state index is 0.296. The van der Waals surface area contributed by atoms with Crippen molar-refractivity contribution in [3.63, 3.8) is 0 Å². The highest BCUT2D eigenvalue weighted by Gasteiger charge is 2.04. The summed E-state index contributed by atoms with van der Waals surface area (Å²) in [5.41, 5.74) is 0.568. The van der Waals surface area contributed by atoms with Crippen LogP contribution in [0.4, 0.5) is 0 Å². The van der Waals surface area contributed by atoms with Crippen LogP contribution in [0.15, 0.2) is 55.6 Å². The summed E-state index contributed by atoms with van der Waals surface area (Å²) in [5.74, 6) is -0.308. The third kappa shape index (κ3) is 14.1.